The Kier molecular flexibility index (Phi) is 1.63. The maximum absolute atomic E-state index is 11.2. The van der Waals surface area contributed by atoms with E-state index in [4.69, 9.17) is 5.73 Å². The lowest BCUT2D eigenvalue weighted by Gasteiger charge is -2.12. The number of hydrogen-bond acceptors (Lipinski definition) is 4. The van der Waals surface area contributed by atoms with Crippen LogP contribution in [0.4, 0.5) is 5.69 Å². The standard InChI is InChI=1S/C8H12N4O/c1-5-2-8(5,9)12-6-3-10-4-11-7(6)13/h3-5,12H,2,9H2,1H3,(H,10,11,13). The maximum Gasteiger partial charge on any atom is 0.274 e. The third-order valence-corrected chi connectivity index (χ3v) is 2.45. The number of anilines is 1. The molecule has 1 heterocycles. The van der Waals surface area contributed by atoms with Gasteiger partial charge in [0, 0.05) is 0 Å². The quantitative estimate of drug-likeness (QED) is 0.554. The van der Waals surface area contributed by atoms with Crippen molar-refractivity contribution in [1.29, 1.82) is 0 Å². The molecule has 1 aromatic rings. The number of nitrogens with zero attached hydrogens (tertiary/aromatic N) is 1. The van der Waals surface area contributed by atoms with Gasteiger partial charge in [-0.15, -0.1) is 0 Å². The van der Waals surface area contributed by atoms with E-state index < -0.39 is 5.66 Å². The summed E-state index contributed by atoms with van der Waals surface area (Å²) < 4.78 is 0. The van der Waals surface area contributed by atoms with E-state index >= 15 is 0 Å². The molecule has 13 heavy (non-hydrogen) atoms. The Morgan fingerprint density at radius 3 is 3.08 bits per heavy atom. The van der Waals surface area contributed by atoms with E-state index in [1.165, 1.54) is 12.5 Å². The summed E-state index contributed by atoms with van der Waals surface area (Å²) in [6.07, 6.45) is 3.73. The first-order chi connectivity index (χ1) is 6.12. The van der Waals surface area contributed by atoms with Gasteiger partial charge in [-0.05, 0) is 12.3 Å². The normalized spacial score (nSPS) is 31.4. The minimum atomic E-state index is -0.407. The number of hydrogen-bond donors (Lipinski definition) is 3. The molecular weight excluding hydrogens is 168 g/mol. The first-order valence-electron chi connectivity index (χ1n) is 4.21. The number of nitrogens with two attached hydrogens (primary N) is 1. The van der Waals surface area contributed by atoms with Crippen LogP contribution in [0.15, 0.2) is 17.3 Å². The van der Waals surface area contributed by atoms with Crippen LogP contribution in [0.25, 0.3) is 0 Å². The molecule has 4 N–H and O–H groups in total. The molecular formula is C8H12N4O. The molecule has 2 atom stereocenters. The molecule has 2 rings (SSSR count). The first kappa shape index (κ1) is 8.25. The molecule has 1 fully saturated rings. The van der Waals surface area contributed by atoms with Crippen molar-refractivity contribution < 1.29 is 0 Å². The molecule has 1 aliphatic carbocycles. The lowest BCUT2D eigenvalue weighted by molar-refractivity contribution is 0.700. The largest absolute Gasteiger partial charge is 0.361 e. The minimum Gasteiger partial charge on any atom is -0.361 e. The monoisotopic (exact) mass is 180 g/mol. The van der Waals surface area contributed by atoms with E-state index in [0.29, 0.717) is 11.6 Å². The lowest BCUT2D eigenvalue weighted by atomic mass is 10.3. The first-order valence-corrected chi connectivity index (χ1v) is 4.21. The highest BCUT2D eigenvalue weighted by atomic mass is 16.1. The van der Waals surface area contributed by atoms with Crippen LogP contribution in [0.5, 0.6) is 0 Å². The third kappa shape index (κ3) is 1.42. The van der Waals surface area contributed by atoms with Gasteiger partial charge in [0.2, 0.25) is 0 Å². The van der Waals surface area contributed by atoms with Gasteiger partial charge in [0.15, 0.2) is 0 Å². The van der Waals surface area contributed by atoms with Gasteiger partial charge in [-0.25, -0.2) is 4.98 Å². The molecule has 70 valence electrons. The summed E-state index contributed by atoms with van der Waals surface area (Å²) in [6.45, 7) is 2.04. The van der Waals surface area contributed by atoms with E-state index in [0.717, 1.165) is 6.42 Å². The predicted octanol–water partition coefficient (Wildman–Crippen LogP) is -0.123. The Hall–Kier alpha value is -1.36. The van der Waals surface area contributed by atoms with Crippen molar-refractivity contribution in [2.45, 2.75) is 19.0 Å². The average molecular weight is 180 g/mol. The van der Waals surface area contributed by atoms with Crippen LogP contribution in [0, 0.1) is 5.92 Å². The van der Waals surface area contributed by atoms with Gasteiger partial charge in [-0.2, -0.15) is 0 Å². The third-order valence-electron chi connectivity index (χ3n) is 2.45. The highest BCUT2D eigenvalue weighted by Crippen LogP contribution is 2.39. The fraction of sp³-hybridized carbons (Fsp3) is 0.500. The van der Waals surface area contributed by atoms with E-state index in [9.17, 15) is 4.79 Å². The Morgan fingerprint density at radius 2 is 2.54 bits per heavy atom. The van der Waals surface area contributed by atoms with Crippen LogP contribution in [-0.4, -0.2) is 15.6 Å². The van der Waals surface area contributed by atoms with E-state index in [-0.39, 0.29) is 5.56 Å². The second kappa shape index (κ2) is 2.56. The van der Waals surface area contributed by atoms with Gasteiger partial charge in [0.25, 0.3) is 5.56 Å². The summed E-state index contributed by atoms with van der Waals surface area (Å²) in [6, 6.07) is 0. The van der Waals surface area contributed by atoms with Gasteiger partial charge in [0.05, 0.1) is 18.2 Å². The molecule has 0 aromatic carbocycles. The van der Waals surface area contributed by atoms with E-state index in [1.54, 1.807) is 0 Å². The molecule has 2 unspecified atom stereocenters. The molecule has 0 aliphatic heterocycles. The second-order valence-corrected chi connectivity index (χ2v) is 3.56. The number of H-pyrrole nitrogens is 1. The lowest BCUT2D eigenvalue weighted by Crippen LogP contribution is -2.36. The molecule has 5 heteroatoms. The van der Waals surface area contributed by atoms with Crippen LogP contribution in [0.1, 0.15) is 13.3 Å². The number of nitrogens with one attached hydrogen (secondary N) is 2. The zero-order valence-corrected chi connectivity index (χ0v) is 7.37. The van der Waals surface area contributed by atoms with Crippen LogP contribution < -0.4 is 16.6 Å². The summed E-state index contributed by atoms with van der Waals surface area (Å²) in [5.74, 6) is 0.409. The fourth-order valence-electron chi connectivity index (χ4n) is 1.31. The van der Waals surface area contributed by atoms with E-state index in [2.05, 4.69) is 15.3 Å². The molecule has 0 amide bonds. The van der Waals surface area contributed by atoms with Crippen molar-refractivity contribution in [3.8, 4) is 0 Å². The van der Waals surface area contributed by atoms with Crippen LogP contribution in [0.3, 0.4) is 0 Å². The number of aromatic nitrogens is 2. The van der Waals surface area contributed by atoms with Crippen LogP contribution >= 0.6 is 0 Å². The Morgan fingerprint density at radius 1 is 1.85 bits per heavy atom. The summed E-state index contributed by atoms with van der Waals surface area (Å²) in [7, 11) is 0. The zero-order chi connectivity index (χ0) is 9.47. The molecule has 0 spiro atoms. The van der Waals surface area contributed by atoms with Gasteiger partial charge in [0.1, 0.15) is 5.69 Å². The molecule has 0 saturated heterocycles. The molecule has 5 nitrogen and oxygen atoms in total. The Balaban J connectivity index is 2.20. The molecule has 0 radical (unpaired) electrons. The Bertz CT molecular complexity index is 374. The Labute approximate surface area is 75.4 Å². The van der Waals surface area contributed by atoms with Crippen LogP contribution in [0.2, 0.25) is 0 Å². The summed E-state index contributed by atoms with van der Waals surface area (Å²) >= 11 is 0. The van der Waals surface area contributed by atoms with Crippen molar-refractivity contribution >= 4 is 5.69 Å². The average Bonchev–Trinajstić information content (AvgIpc) is 2.65. The summed E-state index contributed by atoms with van der Waals surface area (Å²) in [5, 5.41) is 2.98. The topological polar surface area (TPSA) is 83.8 Å². The van der Waals surface area contributed by atoms with E-state index in [1.807, 2.05) is 6.92 Å². The zero-order valence-electron chi connectivity index (χ0n) is 7.37. The SMILES string of the molecule is CC1CC1(N)Nc1cnc[nH]c1=O. The number of aromatic amines is 1. The molecule has 1 aromatic heterocycles. The number of rotatable bonds is 2. The minimum absolute atomic E-state index is 0.182. The van der Waals surface area contributed by atoms with Crippen LogP contribution in [-0.2, 0) is 0 Å². The predicted molar refractivity (Wildman–Crippen MR) is 49.2 cm³/mol. The highest BCUT2D eigenvalue weighted by molar-refractivity contribution is 5.43. The van der Waals surface area contributed by atoms with Crippen molar-refractivity contribution in [3.63, 3.8) is 0 Å². The fourth-order valence-corrected chi connectivity index (χ4v) is 1.31. The highest BCUT2D eigenvalue weighted by Gasteiger charge is 2.48. The maximum atomic E-state index is 11.2. The van der Waals surface area contributed by atoms with Crippen molar-refractivity contribution in [2.24, 2.45) is 11.7 Å². The molecule has 0 bridgehead atoms. The van der Waals surface area contributed by atoms with Crippen molar-refractivity contribution in [1.82, 2.24) is 9.97 Å². The summed E-state index contributed by atoms with van der Waals surface area (Å²) in [5.41, 5.74) is 5.75. The summed E-state index contributed by atoms with van der Waals surface area (Å²) in [4.78, 5) is 17.5. The molecule has 1 aliphatic rings. The van der Waals surface area contributed by atoms with Gasteiger partial charge >= 0.3 is 0 Å². The molecule has 1 saturated carbocycles. The van der Waals surface area contributed by atoms with Crippen molar-refractivity contribution in [2.75, 3.05) is 5.32 Å². The second-order valence-electron chi connectivity index (χ2n) is 3.56. The smallest absolute Gasteiger partial charge is 0.274 e. The van der Waals surface area contributed by atoms with Gasteiger partial charge in [-0.3, -0.25) is 4.79 Å². The van der Waals surface area contributed by atoms with Gasteiger partial charge in [-0.1, -0.05) is 6.92 Å². The van der Waals surface area contributed by atoms with Gasteiger partial charge < -0.3 is 16.0 Å². The van der Waals surface area contributed by atoms with Crippen molar-refractivity contribution in [3.05, 3.63) is 22.9 Å².